The fraction of sp³-hybridized carbons (Fsp3) is 0. The van der Waals surface area contributed by atoms with Gasteiger partial charge in [0.25, 0.3) is 0 Å². The van der Waals surface area contributed by atoms with Gasteiger partial charge in [-0.05, 0) is 18.2 Å². The van der Waals surface area contributed by atoms with Crippen molar-refractivity contribution in [3.8, 4) is 17.6 Å². The van der Waals surface area contributed by atoms with Crippen LogP contribution in [-0.2, 0) is 0 Å². The summed E-state index contributed by atoms with van der Waals surface area (Å²) in [7, 11) is 0. The normalized spacial score (nSPS) is 9.50. The Morgan fingerprint density at radius 1 is 1.31 bits per heavy atom. The minimum Gasteiger partial charge on any atom is -0.456 e. The van der Waals surface area contributed by atoms with Crippen LogP contribution in [0.4, 0.5) is 0 Å². The van der Waals surface area contributed by atoms with Crippen LogP contribution >= 0.6 is 15.9 Å². The van der Waals surface area contributed by atoms with Gasteiger partial charge in [-0.2, -0.15) is 5.26 Å². The van der Waals surface area contributed by atoms with Crippen molar-refractivity contribution in [1.29, 1.82) is 5.26 Å². The molecule has 0 fully saturated rings. The fourth-order valence-electron chi connectivity index (χ4n) is 1.21. The smallest absolute Gasteiger partial charge is 0.148 e. The predicted molar refractivity (Wildman–Crippen MR) is 63.2 cm³/mol. The molecular weight excluding hydrogens is 268 g/mol. The molecule has 1 aromatic carbocycles. The quantitative estimate of drug-likeness (QED) is 0.842. The van der Waals surface area contributed by atoms with Crippen molar-refractivity contribution < 1.29 is 4.74 Å². The molecule has 16 heavy (non-hydrogen) atoms. The van der Waals surface area contributed by atoms with E-state index in [2.05, 4.69) is 20.9 Å². The molecule has 1 heterocycles. The average molecular weight is 275 g/mol. The van der Waals surface area contributed by atoms with E-state index in [0.29, 0.717) is 17.1 Å². The Morgan fingerprint density at radius 2 is 2.19 bits per heavy atom. The summed E-state index contributed by atoms with van der Waals surface area (Å²) in [6.45, 7) is 0. The number of rotatable bonds is 2. The van der Waals surface area contributed by atoms with Gasteiger partial charge in [0.2, 0.25) is 0 Å². The summed E-state index contributed by atoms with van der Waals surface area (Å²) in [5.41, 5.74) is 0.419. The number of pyridine rings is 1. The van der Waals surface area contributed by atoms with E-state index in [-0.39, 0.29) is 0 Å². The topological polar surface area (TPSA) is 45.9 Å². The molecule has 78 valence electrons. The molecule has 0 N–H and O–H groups in total. The van der Waals surface area contributed by atoms with E-state index in [0.717, 1.165) is 4.47 Å². The van der Waals surface area contributed by atoms with Gasteiger partial charge in [0.1, 0.15) is 23.1 Å². The molecule has 0 bridgehead atoms. The molecule has 2 aromatic rings. The molecule has 0 aliphatic heterocycles. The molecule has 0 saturated carbocycles. The van der Waals surface area contributed by atoms with Crippen LogP contribution < -0.4 is 4.74 Å². The van der Waals surface area contributed by atoms with Gasteiger partial charge in [0.15, 0.2) is 0 Å². The Bertz CT molecular complexity index is 549. The van der Waals surface area contributed by atoms with E-state index in [9.17, 15) is 0 Å². The first-order valence-electron chi connectivity index (χ1n) is 4.57. The maximum atomic E-state index is 8.87. The van der Waals surface area contributed by atoms with Crippen molar-refractivity contribution in [1.82, 2.24) is 4.98 Å². The van der Waals surface area contributed by atoms with Crippen LogP contribution in [0.5, 0.6) is 11.5 Å². The number of nitriles is 1. The molecule has 0 aliphatic rings. The van der Waals surface area contributed by atoms with Crippen LogP contribution in [0.25, 0.3) is 0 Å². The summed E-state index contributed by atoms with van der Waals surface area (Å²) in [4.78, 5) is 3.86. The number of benzene rings is 1. The zero-order chi connectivity index (χ0) is 11.4. The maximum Gasteiger partial charge on any atom is 0.148 e. The van der Waals surface area contributed by atoms with Crippen LogP contribution in [0.3, 0.4) is 0 Å². The Labute approximate surface area is 101 Å². The largest absolute Gasteiger partial charge is 0.456 e. The predicted octanol–water partition coefficient (Wildman–Crippen LogP) is 3.51. The van der Waals surface area contributed by atoms with Crippen LogP contribution in [-0.4, -0.2) is 4.98 Å². The highest BCUT2D eigenvalue weighted by atomic mass is 79.9. The summed E-state index contributed by atoms with van der Waals surface area (Å²) in [5.74, 6) is 1.19. The van der Waals surface area contributed by atoms with Crippen LogP contribution in [0, 0.1) is 11.3 Å². The SMILES string of the molecule is N#Cc1cnccc1Oc1cccc(Br)c1. The van der Waals surface area contributed by atoms with E-state index in [1.54, 1.807) is 12.3 Å². The Kier molecular flexibility index (Phi) is 3.18. The van der Waals surface area contributed by atoms with Crippen molar-refractivity contribution in [2.75, 3.05) is 0 Å². The first-order valence-corrected chi connectivity index (χ1v) is 5.36. The van der Waals surface area contributed by atoms with Crippen LogP contribution in [0.2, 0.25) is 0 Å². The van der Waals surface area contributed by atoms with Gasteiger partial charge in [0, 0.05) is 22.9 Å². The summed E-state index contributed by atoms with van der Waals surface area (Å²) in [6, 6.07) is 11.1. The molecular formula is C12H7BrN2O. The third kappa shape index (κ3) is 2.38. The number of ether oxygens (including phenoxy) is 1. The lowest BCUT2D eigenvalue weighted by Gasteiger charge is -2.06. The molecule has 0 radical (unpaired) electrons. The van der Waals surface area contributed by atoms with E-state index in [1.807, 2.05) is 30.3 Å². The minimum absolute atomic E-state index is 0.419. The fourth-order valence-corrected chi connectivity index (χ4v) is 1.59. The van der Waals surface area contributed by atoms with Gasteiger partial charge < -0.3 is 4.74 Å². The lowest BCUT2D eigenvalue weighted by atomic mass is 10.3. The van der Waals surface area contributed by atoms with Crippen LogP contribution in [0.15, 0.2) is 47.2 Å². The lowest BCUT2D eigenvalue weighted by Crippen LogP contribution is -1.88. The van der Waals surface area contributed by atoms with Crippen molar-refractivity contribution in [2.45, 2.75) is 0 Å². The highest BCUT2D eigenvalue weighted by Crippen LogP contribution is 2.26. The highest BCUT2D eigenvalue weighted by Gasteiger charge is 2.03. The summed E-state index contributed by atoms with van der Waals surface area (Å²) in [5, 5.41) is 8.87. The first-order chi connectivity index (χ1) is 7.79. The minimum atomic E-state index is 0.419. The monoisotopic (exact) mass is 274 g/mol. The number of hydrogen-bond acceptors (Lipinski definition) is 3. The molecule has 1 aromatic heterocycles. The zero-order valence-corrected chi connectivity index (χ0v) is 9.81. The Hall–Kier alpha value is -1.86. The van der Waals surface area contributed by atoms with Crippen molar-refractivity contribution in [3.05, 3.63) is 52.8 Å². The number of halogens is 1. The van der Waals surface area contributed by atoms with Crippen molar-refractivity contribution in [3.63, 3.8) is 0 Å². The second kappa shape index (κ2) is 4.77. The van der Waals surface area contributed by atoms with E-state index >= 15 is 0 Å². The van der Waals surface area contributed by atoms with Crippen molar-refractivity contribution >= 4 is 15.9 Å². The summed E-state index contributed by atoms with van der Waals surface area (Å²) < 4.78 is 6.52. The zero-order valence-electron chi connectivity index (χ0n) is 8.22. The second-order valence-corrected chi connectivity index (χ2v) is 3.96. The molecule has 0 aliphatic carbocycles. The average Bonchev–Trinajstić information content (AvgIpc) is 2.30. The van der Waals surface area contributed by atoms with Gasteiger partial charge in [-0.15, -0.1) is 0 Å². The lowest BCUT2D eigenvalue weighted by molar-refractivity contribution is 0.480. The number of hydrogen-bond donors (Lipinski definition) is 0. The number of nitrogens with zero attached hydrogens (tertiary/aromatic N) is 2. The van der Waals surface area contributed by atoms with Gasteiger partial charge in [0.05, 0.1) is 0 Å². The Morgan fingerprint density at radius 3 is 2.94 bits per heavy atom. The summed E-state index contributed by atoms with van der Waals surface area (Å²) in [6.07, 6.45) is 3.07. The summed E-state index contributed by atoms with van der Waals surface area (Å²) >= 11 is 3.35. The molecule has 0 amide bonds. The molecule has 3 nitrogen and oxygen atoms in total. The van der Waals surface area contributed by atoms with Gasteiger partial charge in [-0.3, -0.25) is 4.98 Å². The first kappa shape index (κ1) is 10.7. The highest BCUT2D eigenvalue weighted by molar-refractivity contribution is 9.10. The molecule has 0 unspecified atom stereocenters. The van der Waals surface area contributed by atoms with Gasteiger partial charge in [-0.25, -0.2) is 0 Å². The third-order valence-electron chi connectivity index (χ3n) is 1.93. The van der Waals surface area contributed by atoms with E-state index in [4.69, 9.17) is 10.00 Å². The Balaban J connectivity index is 2.31. The molecule has 0 spiro atoms. The number of aromatic nitrogens is 1. The van der Waals surface area contributed by atoms with E-state index in [1.165, 1.54) is 6.20 Å². The van der Waals surface area contributed by atoms with Gasteiger partial charge >= 0.3 is 0 Å². The van der Waals surface area contributed by atoms with Crippen molar-refractivity contribution in [2.24, 2.45) is 0 Å². The molecule has 0 atom stereocenters. The third-order valence-corrected chi connectivity index (χ3v) is 2.42. The standard InChI is InChI=1S/C12H7BrN2O/c13-10-2-1-3-11(6-10)16-12-4-5-15-8-9(12)7-14/h1-6,8H. The van der Waals surface area contributed by atoms with Gasteiger partial charge in [-0.1, -0.05) is 22.0 Å². The molecule has 4 heteroatoms. The second-order valence-electron chi connectivity index (χ2n) is 3.04. The molecule has 2 rings (SSSR count). The maximum absolute atomic E-state index is 8.87. The van der Waals surface area contributed by atoms with E-state index < -0.39 is 0 Å². The molecule has 0 saturated heterocycles. The van der Waals surface area contributed by atoms with Crippen LogP contribution in [0.1, 0.15) is 5.56 Å².